The van der Waals surface area contributed by atoms with E-state index in [1.165, 1.54) is 12.0 Å². The quantitative estimate of drug-likeness (QED) is 0.596. The minimum atomic E-state index is -0.249. The fourth-order valence-electron chi connectivity index (χ4n) is 2.80. The van der Waals surface area contributed by atoms with Crippen LogP contribution in [0.15, 0.2) is 24.3 Å². The number of hydrogen-bond acceptors (Lipinski definition) is 5. The SMILES string of the molecule is COC(=O)[C@@H]1C[NH+](CN2C(=O)c3ccccc3C2=O)CCS1. The molecule has 1 unspecified atom stereocenters. The van der Waals surface area contributed by atoms with E-state index in [0.717, 1.165) is 17.2 Å². The number of fused-ring (bicyclic) bond motifs is 1. The molecule has 2 aliphatic heterocycles. The number of hydrogen-bond donors (Lipinski definition) is 1. The minimum absolute atomic E-state index is 0.232. The maximum atomic E-state index is 12.3. The molecule has 1 fully saturated rings. The highest BCUT2D eigenvalue weighted by Crippen LogP contribution is 2.21. The second-order valence-corrected chi connectivity index (χ2v) is 6.64. The van der Waals surface area contributed by atoms with E-state index in [0.29, 0.717) is 24.3 Å². The van der Waals surface area contributed by atoms with E-state index < -0.39 is 0 Å². The second kappa shape index (κ2) is 6.10. The van der Waals surface area contributed by atoms with Crippen LogP contribution in [-0.2, 0) is 9.53 Å². The first-order valence-corrected chi connectivity index (χ1v) is 8.15. The van der Waals surface area contributed by atoms with Gasteiger partial charge in [-0.25, -0.2) is 4.90 Å². The van der Waals surface area contributed by atoms with Crippen molar-refractivity contribution in [2.75, 3.05) is 32.6 Å². The van der Waals surface area contributed by atoms with Crippen LogP contribution in [0.3, 0.4) is 0 Å². The van der Waals surface area contributed by atoms with Gasteiger partial charge in [0.1, 0.15) is 6.54 Å². The third-order valence-electron chi connectivity index (χ3n) is 3.97. The summed E-state index contributed by atoms with van der Waals surface area (Å²) in [7, 11) is 1.38. The zero-order chi connectivity index (χ0) is 15.7. The molecular weight excluding hydrogens is 304 g/mol. The molecule has 3 rings (SSSR count). The number of benzene rings is 1. The van der Waals surface area contributed by atoms with Crippen LogP contribution in [0, 0.1) is 0 Å². The second-order valence-electron chi connectivity index (χ2n) is 5.33. The van der Waals surface area contributed by atoms with Crippen molar-refractivity contribution in [2.45, 2.75) is 5.25 Å². The fourth-order valence-corrected chi connectivity index (χ4v) is 4.08. The number of ether oxygens (including phenoxy) is 1. The van der Waals surface area contributed by atoms with E-state index in [2.05, 4.69) is 0 Å². The van der Waals surface area contributed by atoms with Gasteiger partial charge >= 0.3 is 5.97 Å². The van der Waals surface area contributed by atoms with Crippen molar-refractivity contribution in [1.82, 2.24) is 4.90 Å². The van der Waals surface area contributed by atoms with Gasteiger partial charge in [-0.3, -0.25) is 14.4 Å². The van der Waals surface area contributed by atoms with Gasteiger partial charge in [-0.2, -0.15) is 0 Å². The molecule has 22 heavy (non-hydrogen) atoms. The molecule has 2 atom stereocenters. The molecule has 1 N–H and O–H groups in total. The molecule has 0 bridgehead atoms. The zero-order valence-corrected chi connectivity index (χ0v) is 13.0. The highest BCUT2D eigenvalue weighted by molar-refractivity contribution is 8.00. The van der Waals surface area contributed by atoms with E-state index in [1.807, 2.05) is 0 Å². The molecule has 1 aromatic carbocycles. The van der Waals surface area contributed by atoms with Gasteiger partial charge in [-0.15, -0.1) is 11.8 Å². The summed E-state index contributed by atoms with van der Waals surface area (Å²) in [5.74, 6) is 0.0598. The molecule has 0 aliphatic carbocycles. The molecule has 2 heterocycles. The number of quaternary nitrogens is 1. The maximum Gasteiger partial charge on any atom is 0.324 e. The van der Waals surface area contributed by atoms with E-state index in [9.17, 15) is 14.4 Å². The first-order valence-electron chi connectivity index (χ1n) is 7.10. The zero-order valence-electron chi connectivity index (χ0n) is 12.2. The lowest BCUT2D eigenvalue weighted by atomic mass is 10.1. The lowest BCUT2D eigenvalue weighted by Crippen LogP contribution is -3.16. The smallest absolute Gasteiger partial charge is 0.324 e. The Morgan fingerprint density at radius 2 is 1.95 bits per heavy atom. The number of methoxy groups -OCH3 is 1. The lowest BCUT2D eigenvalue weighted by molar-refractivity contribution is -0.904. The standard InChI is InChI=1S/C15H16N2O4S/c1-21-15(20)12-8-16(6-7-22-12)9-17-13(18)10-4-2-3-5-11(10)14(17)19/h2-5,12H,6-9H2,1H3/p+1/t12-/m0/s1. The van der Waals surface area contributed by atoms with E-state index in [1.54, 1.807) is 36.0 Å². The summed E-state index contributed by atoms with van der Waals surface area (Å²) in [5.41, 5.74) is 0.922. The Hall–Kier alpha value is -1.86. The monoisotopic (exact) mass is 321 g/mol. The molecular formula is C15H17N2O4S+. The van der Waals surface area contributed by atoms with Crippen LogP contribution < -0.4 is 4.90 Å². The Morgan fingerprint density at radius 3 is 2.55 bits per heavy atom. The van der Waals surface area contributed by atoms with Crippen molar-refractivity contribution >= 4 is 29.5 Å². The Labute approximate surface area is 132 Å². The van der Waals surface area contributed by atoms with Crippen LogP contribution in [0.2, 0.25) is 0 Å². The largest absolute Gasteiger partial charge is 0.468 e. The predicted octanol–water partition coefficient (Wildman–Crippen LogP) is -0.587. The summed E-state index contributed by atoms with van der Waals surface area (Å²) in [4.78, 5) is 38.7. The number of rotatable bonds is 3. The fraction of sp³-hybridized carbons (Fsp3) is 0.400. The summed E-state index contributed by atoms with van der Waals surface area (Å²) in [6.07, 6.45) is 0. The summed E-state index contributed by atoms with van der Waals surface area (Å²) in [5, 5.41) is -0.232. The topological polar surface area (TPSA) is 68.1 Å². The molecule has 0 spiro atoms. The normalized spacial score (nSPS) is 24.3. The number of imide groups is 1. The summed E-state index contributed by atoms with van der Waals surface area (Å²) in [6, 6.07) is 6.86. The lowest BCUT2D eigenvalue weighted by Gasteiger charge is -2.30. The summed E-state index contributed by atoms with van der Waals surface area (Å²) in [6.45, 7) is 1.66. The van der Waals surface area contributed by atoms with Gasteiger partial charge in [-0.1, -0.05) is 12.1 Å². The van der Waals surface area contributed by atoms with Crippen molar-refractivity contribution in [3.8, 4) is 0 Å². The van der Waals surface area contributed by atoms with Crippen LogP contribution in [-0.4, -0.2) is 60.6 Å². The number of nitrogens with zero attached hydrogens (tertiary/aromatic N) is 1. The molecule has 7 heteroatoms. The minimum Gasteiger partial charge on any atom is -0.468 e. The van der Waals surface area contributed by atoms with Crippen molar-refractivity contribution in [2.24, 2.45) is 0 Å². The summed E-state index contributed by atoms with van der Waals surface area (Å²) >= 11 is 1.56. The average Bonchev–Trinajstić information content (AvgIpc) is 2.80. The molecule has 0 saturated carbocycles. The molecule has 2 aliphatic rings. The number of nitrogens with one attached hydrogen (secondary N) is 1. The molecule has 0 radical (unpaired) electrons. The van der Waals surface area contributed by atoms with E-state index in [-0.39, 0.29) is 23.0 Å². The van der Waals surface area contributed by atoms with Gasteiger partial charge in [0, 0.05) is 5.75 Å². The maximum absolute atomic E-state index is 12.3. The van der Waals surface area contributed by atoms with Gasteiger partial charge in [-0.05, 0) is 12.1 Å². The highest BCUT2D eigenvalue weighted by atomic mass is 32.2. The molecule has 0 aromatic heterocycles. The summed E-state index contributed by atoms with van der Waals surface area (Å²) < 4.78 is 4.78. The predicted molar refractivity (Wildman–Crippen MR) is 80.8 cm³/mol. The molecule has 2 amide bonds. The van der Waals surface area contributed by atoms with Gasteiger partial charge in [0.15, 0.2) is 11.9 Å². The number of amides is 2. The van der Waals surface area contributed by atoms with Crippen LogP contribution >= 0.6 is 11.8 Å². The number of thioether (sulfide) groups is 1. The first-order chi connectivity index (χ1) is 10.6. The Kier molecular flexibility index (Phi) is 4.17. The van der Waals surface area contributed by atoms with Gasteiger partial charge in [0.2, 0.25) is 0 Å². The molecule has 1 aromatic rings. The van der Waals surface area contributed by atoms with Crippen molar-refractivity contribution in [1.29, 1.82) is 0 Å². The number of esters is 1. The first kappa shape index (κ1) is 15.1. The third-order valence-corrected chi connectivity index (χ3v) is 5.17. The number of carbonyl (C=O) groups excluding carboxylic acids is 3. The highest BCUT2D eigenvalue weighted by Gasteiger charge is 2.39. The van der Waals surface area contributed by atoms with Gasteiger partial charge < -0.3 is 9.64 Å². The van der Waals surface area contributed by atoms with Crippen LogP contribution in [0.5, 0.6) is 0 Å². The van der Waals surface area contributed by atoms with Crippen LogP contribution in [0.25, 0.3) is 0 Å². The van der Waals surface area contributed by atoms with Gasteiger partial charge in [0.05, 0.1) is 24.8 Å². The van der Waals surface area contributed by atoms with Crippen molar-refractivity contribution in [3.63, 3.8) is 0 Å². The van der Waals surface area contributed by atoms with Gasteiger partial charge in [0.25, 0.3) is 11.8 Å². The molecule has 116 valence electrons. The third kappa shape index (κ3) is 2.62. The Balaban J connectivity index is 1.71. The molecule has 6 nitrogen and oxygen atoms in total. The van der Waals surface area contributed by atoms with Crippen LogP contribution in [0.1, 0.15) is 20.7 Å². The van der Waals surface area contributed by atoms with Crippen LogP contribution in [0.4, 0.5) is 0 Å². The Bertz CT molecular complexity index is 599. The molecule has 1 saturated heterocycles. The van der Waals surface area contributed by atoms with E-state index in [4.69, 9.17) is 4.74 Å². The number of carbonyl (C=O) groups is 3. The van der Waals surface area contributed by atoms with Crippen molar-refractivity contribution in [3.05, 3.63) is 35.4 Å². The van der Waals surface area contributed by atoms with Crippen molar-refractivity contribution < 1.29 is 24.0 Å². The van der Waals surface area contributed by atoms with E-state index >= 15 is 0 Å². The average molecular weight is 321 g/mol. The Morgan fingerprint density at radius 1 is 1.32 bits per heavy atom.